The molecule has 0 bridgehead atoms. The highest BCUT2D eigenvalue weighted by Crippen LogP contribution is 2.11. The lowest BCUT2D eigenvalue weighted by atomic mass is 10.1. The maximum absolute atomic E-state index is 5.42. The number of guanidine groups is 1. The SMILES string of the molecule is CCCN1CCC(NC(=NC)NCc2ccc(CN3CCOCC3)cc2)CC1.I. The first-order valence-corrected chi connectivity index (χ1v) is 10.8. The maximum atomic E-state index is 5.42. The van der Waals surface area contributed by atoms with Crippen LogP contribution in [0.3, 0.4) is 0 Å². The highest BCUT2D eigenvalue weighted by atomic mass is 127. The maximum Gasteiger partial charge on any atom is 0.191 e. The van der Waals surface area contributed by atoms with E-state index in [2.05, 4.69) is 56.6 Å². The standard InChI is InChI=1S/C22H37N5O.HI/c1-3-10-26-11-8-21(9-12-26)25-22(23-2)24-17-19-4-6-20(7-5-19)18-27-13-15-28-16-14-27;/h4-7,21H,3,8-18H2,1-2H3,(H2,23,24,25);1H. The number of rotatable bonds is 7. The molecule has 0 spiro atoms. The van der Waals surface area contributed by atoms with Crippen molar-refractivity contribution < 1.29 is 4.74 Å². The van der Waals surface area contributed by atoms with Gasteiger partial charge in [-0.25, -0.2) is 0 Å². The summed E-state index contributed by atoms with van der Waals surface area (Å²) in [6, 6.07) is 9.45. The van der Waals surface area contributed by atoms with Crippen LogP contribution in [-0.2, 0) is 17.8 Å². The van der Waals surface area contributed by atoms with Crippen LogP contribution < -0.4 is 10.6 Å². The Morgan fingerprint density at radius 2 is 1.69 bits per heavy atom. The van der Waals surface area contributed by atoms with E-state index in [1.807, 2.05) is 7.05 Å². The van der Waals surface area contributed by atoms with Crippen LogP contribution in [0.15, 0.2) is 29.3 Å². The van der Waals surface area contributed by atoms with Crippen LogP contribution in [0, 0.1) is 0 Å². The predicted octanol–water partition coefficient (Wildman–Crippen LogP) is 2.68. The summed E-state index contributed by atoms with van der Waals surface area (Å²) < 4.78 is 5.42. The van der Waals surface area contributed by atoms with Gasteiger partial charge in [-0.15, -0.1) is 24.0 Å². The third kappa shape index (κ3) is 8.39. The van der Waals surface area contributed by atoms with E-state index in [0.29, 0.717) is 6.04 Å². The molecule has 2 aliphatic heterocycles. The van der Waals surface area contributed by atoms with Gasteiger partial charge in [0.1, 0.15) is 0 Å². The molecule has 1 aromatic rings. The fourth-order valence-electron chi connectivity index (χ4n) is 3.97. The zero-order valence-corrected chi connectivity index (χ0v) is 20.4. The van der Waals surface area contributed by atoms with Crippen LogP contribution in [0.4, 0.5) is 0 Å². The van der Waals surface area contributed by atoms with Gasteiger partial charge in [0.05, 0.1) is 13.2 Å². The summed E-state index contributed by atoms with van der Waals surface area (Å²) in [7, 11) is 1.85. The largest absolute Gasteiger partial charge is 0.379 e. The summed E-state index contributed by atoms with van der Waals surface area (Å²) in [5.41, 5.74) is 2.65. The Morgan fingerprint density at radius 3 is 2.31 bits per heavy atom. The summed E-state index contributed by atoms with van der Waals surface area (Å²) in [5, 5.41) is 7.07. The van der Waals surface area contributed by atoms with Gasteiger partial charge in [0.15, 0.2) is 5.96 Å². The van der Waals surface area contributed by atoms with Crippen molar-refractivity contribution in [1.82, 2.24) is 20.4 Å². The van der Waals surface area contributed by atoms with Crippen molar-refractivity contribution in [3.05, 3.63) is 35.4 Å². The number of nitrogens with zero attached hydrogens (tertiary/aromatic N) is 3. The van der Waals surface area contributed by atoms with Crippen LogP contribution in [0.1, 0.15) is 37.3 Å². The molecular formula is C22H38IN5O. The van der Waals surface area contributed by atoms with E-state index in [0.717, 1.165) is 45.4 Å². The van der Waals surface area contributed by atoms with Crippen LogP contribution >= 0.6 is 24.0 Å². The second-order valence-electron chi connectivity index (χ2n) is 7.89. The Hall–Kier alpha value is -0.900. The normalized spacial score (nSPS) is 19.6. The van der Waals surface area contributed by atoms with Gasteiger partial charge in [-0.2, -0.15) is 0 Å². The van der Waals surface area contributed by atoms with Gasteiger partial charge in [0, 0.05) is 52.4 Å². The molecule has 2 fully saturated rings. The smallest absolute Gasteiger partial charge is 0.191 e. The zero-order valence-electron chi connectivity index (χ0n) is 18.0. The molecule has 0 atom stereocenters. The highest BCUT2D eigenvalue weighted by molar-refractivity contribution is 14.0. The fraction of sp³-hybridized carbons (Fsp3) is 0.682. The van der Waals surface area contributed by atoms with Crippen LogP contribution in [0.25, 0.3) is 0 Å². The average molecular weight is 515 g/mol. The van der Waals surface area contributed by atoms with Gasteiger partial charge < -0.3 is 20.3 Å². The Kier molecular flexibility index (Phi) is 11.3. The first-order valence-electron chi connectivity index (χ1n) is 10.8. The lowest BCUT2D eigenvalue weighted by Gasteiger charge is -2.32. The number of hydrogen-bond donors (Lipinski definition) is 2. The number of halogens is 1. The van der Waals surface area contributed by atoms with Gasteiger partial charge in [-0.3, -0.25) is 9.89 Å². The first kappa shape index (κ1) is 24.4. The number of hydrogen-bond acceptors (Lipinski definition) is 4. The van der Waals surface area contributed by atoms with Crippen LogP contribution in [-0.4, -0.2) is 74.8 Å². The van der Waals surface area contributed by atoms with Gasteiger partial charge in [-0.1, -0.05) is 31.2 Å². The van der Waals surface area contributed by atoms with Crippen molar-refractivity contribution in [1.29, 1.82) is 0 Å². The number of aliphatic imine (C=N–C) groups is 1. The lowest BCUT2D eigenvalue weighted by Crippen LogP contribution is -2.48. The molecule has 7 heteroatoms. The topological polar surface area (TPSA) is 52.1 Å². The molecule has 0 aromatic heterocycles. The molecule has 29 heavy (non-hydrogen) atoms. The quantitative estimate of drug-likeness (QED) is 0.333. The molecule has 0 saturated carbocycles. The van der Waals surface area contributed by atoms with E-state index in [9.17, 15) is 0 Å². The minimum absolute atomic E-state index is 0. The average Bonchev–Trinajstić information content (AvgIpc) is 2.74. The van der Waals surface area contributed by atoms with E-state index in [4.69, 9.17) is 4.74 Å². The monoisotopic (exact) mass is 515 g/mol. The molecule has 2 saturated heterocycles. The van der Waals surface area contributed by atoms with E-state index in [-0.39, 0.29) is 24.0 Å². The third-order valence-electron chi connectivity index (χ3n) is 5.68. The molecule has 0 radical (unpaired) electrons. The van der Waals surface area contributed by atoms with Gasteiger partial charge >= 0.3 is 0 Å². The minimum atomic E-state index is 0. The number of morpholine rings is 1. The number of benzene rings is 1. The minimum Gasteiger partial charge on any atom is -0.379 e. The second kappa shape index (κ2) is 13.4. The van der Waals surface area contributed by atoms with Crippen molar-refractivity contribution in [2.75, 3.05) is 53.0 Å². The Labute approximate surface area is 193 Å². The summed E-state index contributed by atoms with van der Waals surface area (Å²) in [6.07, 6.45) is 3.63. The summed E-state index contributed by atoms with van der Waals surface area (Å²) in [5.74, 6) is 0.909. The highest BCUT2D eigenvalue weighted by Gasteiger charge is 2.19. The molecule has 1 aromatic carbocycles. The Morgan fingerprint density at radius 1 is 1.03 bits per heavy atom. The van der Waals surface area contributed by atoms with Crippen molar-refractivity contribution in [2.45, 2.75) is 45.3 Å². The first-order chi connectivity index (χ1) is 13.8. The molecule has 0 unspecified atom stereocenters. The number of ether oxygens (including phenoxy) is 1. The summed E-state index contributed by atoms with van der Waals surface area (Å²) >= 11 is 0. The molecule has 0 aliphatic carbocycles. The number of likely N-dealkylation sites (tertiary alicyclic amines) is 1. The number of piperidine rings is 1. The van der Waals surface area contributed by atoms with E-state index in [1.54, 1.807) is 0 Å². The zero-order chi connectivity index (χ0) is 19.6. The summed E-state index contributed by atoms with van der Waals surface area (Å²) in [6.45, 7) is 11.4. The van der Waals surface area contributed by atoms with E-state index in [1.165, 1.54) is 50.0 Å². The summed E-state index contributed by atoms with van der Waals surface area (Å²) in [4.78, 5) is 9.42. The molecule has 2 aliphatic rings. The van der Waals surface area contributed by atoms with Crippen molar-refractivity contribution in [3.63, 3.8) is 0 Å². The van der Waals surface area contributed by atoms with E-state index < -0.39 is 0 Å². The Balaban J connectivity index is 0.00000300. The molecule has 0 amide bonds. The fourth-order valence-corrected chi connectivity index (χ4v) is 3.97. The van der Waals surface area contributed by atoms with E-state index >= 15 is 0 Å². The van der Waals surface area contributed by atoms with Gasteiger partial charge in [0.2, 0.25) is 0 Å². The van der Waals surface area contributed by atoms with Crippen LogP contribution in [0.2, 0.25) is 0 Å². The predicted molar refractivity (Wildman–Crippen MR) is 131 cm³/mol. The van der Waals surface area contributed by atoms with Crippen molar-refractivity contribution in [3.8, 4) is 0 Å². The van der Waals surface area contributed by atoms with Crippen LogP contribution in [0.5, 0.6) is 0 Å². The van der Waals surface area contributed by atoms with Gasteiger partial charge in [-0.05, 0) is 36.9 Å². The van der Waals surface area contributed by atoms with Crippen molar-refractivity contribution >= 4 is 29.9 Å². The lowest BCUT2D eigenvalue weighted by molar-refractivity contribution is 0.0342. The van der Waals surface area contributed by atoms with Gasteiger partial charge in [0.25, 0.3) is 0 Å². The second-order valence-corrected chi connectivity index (χ2v) is 7.89. The third-order valence-corrected chi connectivity index (χ3v) is 5.68. The van der Waals surface area contributed by atoms with Crippen molar-refractivity contribution in [2.24, 2.45) is 4.99 Å². The molecule has 2 N–H and O–H groups in total. The Bertz CT molecular complexity index is 596. The molecule has 6 nitrogen and oxygen atoms in total. The number of nitrogens with one attached hydrogen (secondary N) is 2. The molecular weight excluding hydrogens is 477 g/mol. The molecule has 2 heterocycles. The molecule has 164 valence electrons. The molecule has 3 rings (SSSR count).